The largest absolute Gasteiger partial charge is 0.478 e. The number of nitrogen functional groups attached to an aromatic ring is 1. The number of anilines is 2. The summed E-state index contributed by atoms with van der Waals surface area (Å²) >= 11 is 0. The molecule has 1 heterocycles. The van der Waals surface area contributed by atoms with Crippen LogP contribution in [0, 0.1) is 0 Å². The van der Waals surface area contributed by atoms with Crippen molar-refractivity contribution in [2.45, 2.75) is 19.9 Å². The summed E-state index contributed by atoms with van der Waals surface area (Å²) in [5, 5.41) is 3.14. The maximum atomic E-state index is 5.87. The van der Waals surface area contributed by atoms with Crippen LogP contribution in [-0.4, -0.2) is 16.6 Å². The molecule has 0 fully saturated rings. The van der Waals surface area contributed by atoms with Crippen LogP contribution in [0.5, 0.6) is 5.88 Å². The lowest BCUT2D eigenvalue weighted by molar-refractivity contribution is 0.305. The predicted molar refractivity (Wildman–Crippen MR) is 76.0 cm³/mol. The van der Waals surface area contributed by atoms with Crippen molar-refractivity contribution < 1.29 is 4.74 Å². The molecule has 1 aromatic heterocycles. The molecule has 0 radical (unpaired) electrons. The molecule has 1 aromatic carbocycles. The highest BCUT2D eigenvalue weighted by Gasteiger charge is 2.01. The van der Waals surface area contributed by atoms with Gasteiger partial charge in [0.25, 0.3) is 0 Å². The number of hydrogen-bond acceptors (Lipinski definition) is 5. The SMILES string of the molecule is CCCOc1ccnc(NCc2ccccc2N)n1. The maximum Gasteiger partial charge on any atom is 0.226 e. The molecule has 5 heteroatoms. The zero-order valence-electron chi connectivity index (χ0n) is 11.0. The summed E-state index contributed by atoms with van der Waals surface area (Å²) in [6.07, 6.45) is 2.63. The topological polar surface area (TPSA) is 73.1 Å². The third-order valence-electron chi connectivity index (χ3n) is 2.58. The van der Waals surface area contributed by atoms with Crippen LogP contribution in [0.2, 0.25) is 0 Å². The van der Waals surface area contributed by atoms with E-state index in [1.807, 2.05) is 24.3 Å². The lowest BCUT2D eigenvalue weighted by Crippen LogP contribution is -2.06. The second kappa shape index (κ2) is 6.58. The van der Waals surface area contributed by atoms with Gasteiger partial charge >= 0.3 is 0 Å². The van der Waals surface area contributed by atoms with Crippen molar-refractivity contribution >= 4 is 11.6 Å². The molecule has 0 atom stereocenters. The standard InChI is InChI=1S/C14H18N4O/c1-2-9-19-13-7-8-16-14(18-13)17-10-11-5-3-4-6-12(11)15/h3-8H,2,9-10,15H2,1H3,(H,16,17,18). The first-order chi connectivity index (χ1) is 9.29. The highest BCUT2D eigenvalue weighted by atomic mass is 16.5. The van der Waals surface area contributed by atoms with Crippen LogP contribution in [0.4, 0.5) is 11.6 Å². The van der Waals surface area contributed by atoms with Gasteiger partial charge in [0.1, 0.15) is 0 Å². The summed E-state index contributed by atoms with van der Waals surface area (Å²) in [7, 11) is 0. The lowest BCUT2D eigenvalue weighted by Gasteiger charge is -2.08. The highest BCUT2D eigenvalue weighted by Crippen LogP contribution is 2.13. The van der Waals surface area contributed by atoms with Crippen LogP contribution < -0.4 is 15.8 Å². The summed E-state index contributed by atoms with van der Waals surface area (Å²) in [6.45, 7) is 3.30. The van der Waals surface area contributed by atoms with Crippen molar-refractivity contribution in [2.24, 2.45) is 0 Å². The van der Waals surface area contributed by atoms with Crippen molar-refractivity contribution in [1.82, 2.24) is 9.97 Å². The monoisotopic (exact) mass is 258 g/mol. The van der Waals surface area contributed by atoms with Crippen LogP contribution in [0.3, 0.4) is 0 Å². The van der Waals surface area contributed by atoms with Gasteiger partial charge in [0, 0.05) is 24.5 Å². The zero-order valence-corrected chi connectivity index (χ0v) is 11.0. The van der Waals surface area contributed by atoms with Crippen LogP contribution in [0.1, 0.15) is 18.9 Å². The van der Waals surface area contributed by atoms with Crippen molar-refractivity contribution in [3.8, 4) is 5.88 Å². The third kappa shape index (κ3) is 3.84. The molecule has 0 aliphatic carbocycles. The molecule has 5 nitrogen and oxygen atoms in total. The van der Waals surface area contributed by atoms with Gasteiger partial charge in [-0.3, -0.25) is 0 Å². The van der Waals surface area contributed by atoms with Gasteiger partial charge in [-0.15, -0.1) is 0 Å². The van der Waals surface area contributed by atoms with Gasteiger partial charge in [0.2, 0.25) is 11.8 Å². The molecule has 0 saturated carbocycles. The molecular weight excluding hydrogens is 240 g/mol. The molecule has 0 saturated heterocycles. The number of nitrogens with one attached hydrogen (secondary N) is 1. The Balaban J connectivity index is 1.98. The van der Waals surface area contributed by atoms with Gasteiger partial charge in [-0.1, -0.05) is 25.1 Å². The first-order valence-electron chi connectivity index (χ1n) is 6.32. The quantitative estimate of drug-likeness (QED) is 0.779. The van der Waals surface area contributed by atoms with E-state index in [1.54, 1.807) is 12.3 Å². The van der Waals surface area contributed by atoms with E-state index in [1.165, 1.54) is 0 Å². The molecule has 0 unspecified atom stereocenters. The van der Waals surface area contributed by atoms with E-state index in [2.05, 4.69) is 22.2 Å². The second-order valence-corrected chi connectivity index (χ2v) is 4.12. The molecule has 0 aliphatic rings. The van der Waals surface area contributed by atoms with E-state index < -0.39 is 0 Å². The zero-order chi connectivity index (χ0) is 13.5. The Bertz CT molecular complexity index is 530. The number of nitrogens with zero attached hydrogens (tertiary/aromatic N) is 2. The lowest BCUT2D eigenvalue weighted by atomic mass is 10.2. The second-order valence-electron chi connectivity index (χ2n) is 4.12. The van der Waals surface area contributed by atoms with Crippen LogP contribution in [-0.2, 0) is 6.54 Å². The molecule has 3 N–H and O–H groups in total. The number of benzene rings is 1. The summed E-state index contributed by atoms with van der Waals surface area (Å²) in [5.74, 6) is 1.12. The minimum absolute atomic E-state index is 0.539. The fourth-order valence-electron chi connectivity index (χ4n) is 1.58. The smallest absolute Gasteiger partial charge is 0.226 e. The molecular formula is C14H18N4O. The van der Waals surface area contributed by atoms with Gasteiger partial charge < -0.3 is 15.8 Å². The first-order valence-corrected chi connectivity index (χ1v) is 6.32. The fourth-order valence-corrected chi connectivity index (χ4v) is 1.58. The van der Waals surface area contributed by atoms with Crippen molar-refractivity contribution in [3.63, 3.8) is 0 Å². The van der Waals surface area contributed by atoms with E-state index in [4.69, 9.17) is 10.5 Å². The minimum atomic E-state index is 0.539. The molecule has 0 aliphatic heterocycles. The van der Waals surface area contributed by atoms with Crippen molar-refractivity contribution in [3.05, 3.63) is 42.1 Å². The molecule has 19 heavy (non-hydrogen) atoms. The van der Waals surface area contributed by atoms with E-state index in [0.29, 0.717) is 25.0 Å². The summed E-state index contributed by atoms with van der Waals surface area (Å²) in [4.78, 5) is 8.42. The molecule has 0 spiro atoms. The molecule has 0 amide bonds. The maximum absolute atomic E-state index is 5.87. The Morgan fingerprint density at radius 3 is 2.89 bits per heavy atom. The van der Waals surface area contributed by atoms with Gasteiger partial charge in [-0.25, -0.2) is 4.98 Å². The number of ether oxygens (including phenoxy) is 1. The summed E-state index contributed by atoms with van der Waals surface area (Å²) < 4.78 is 5.46. The van der Waals surface area contributed by atoms with Crippen LogP contribution >= 0.6 is 0 Å². The Hall–Kier alpha value is -2.30. The van der Waals surface area contributed by atoms with Gasteiger partial charge in [0.15, 0.2) is 0 Å². The van der Waals surface area contributed by atoms with Crippen molar-refractivity contribution in [1.29, 1.82) is 0 Å². The molecule has 100 valence electrons. The fraction of sp³-hybridized carbons (Fsp3) is 0.286. The Morgan fingerprint density at radius 1 is 1.26 bits per heavy atom. The van der Waals surface area contributed by atoms with E-state index in [-0.39, 0.29) is 0 Å². The van der Waals surface area contributed by atoms with Gasteiger partial charge in [0.05, 0.1) is 6.61 Å². The van der Waals surface area contributed by atoms with Gasteiger partial charge in [-0.2, -0.15) is 4.98 Å². The third-order valence-corrected chi connectivity index (χ3v) is 2.58. The van der Waals surface area contributed by atoms with Crippen LogP contribution in [0.25, 0.3) is 0 Å². The molecule has 2 aromatic rings. The minimum Gasteiger partial charge on any atom is -0.478 e. The normalized spacial score (nSPS) is 10.2. The van der Waals surface area contributed by atoms with E-state index in [0.717, 1.165) is 17.7 Å². The van der Waals surface area contributed by atoms with E-state index in [9.17, 15) is 0 Å². The average Bonchev–Trinajstić information content (AvgIpc) is 2.45. The number of nitrogens with two attached hydrogens (primary N) is 1. The number of rotatable bonds is 6. The summed E-state index contributed by atoms with van der Waals surface area (Å²) in [5.41, 5.74) is 7.65. The average molecular weight is 258 g/mol. The van der Waals surface area contributed by atoms with Crippen molar-refractivity contribution in [2.75, 3.05) is 17.7 Å². The number of hydrogen-bond donors (Lipinski definition) is 2. The summed E-state index contributed by atoms with van der Waals surface area (Å²) in [6, 6.07) is 9.46. The first kappa shape index (κ1) is 13.1. The van der Waals surface area contributed by atoms with Gasteiger partial charge in [-0.05, 0) is 18.1 Å². The Kier molecular flexibility index (Phi) is 4.55. The predicted octanol–water partition coefficient (Wildman–Crippen LogP) is 2.46. The Morgan fingerprint density at radius 2 is 2.11 bits per heavy atom. The molecule has 2 rings (SSSR count). The number of para-hydroxylation sites is 1. The highest BCUT2D eigenvalue weighted by molar-refractivity contribution is 5.47. The Labute approximate surface area is 112 Å². The number of aromatic nitrogens is 2. The molecule has 0 bridgehead atoms. The van der Waals surface area contributed by atoms with Crippen LogP contribution in [0.15, 0.2) is 36.5 Å². The van der Waals surface area contributed by atoms with E-state index >= 15 is 0 Å².